The molecular weight excluding hydrogens is 186 g/mol. The van der Waals surface area contributed by atoms with Crippen molar-refractivity contribution in [2.75, 3.05) is 13.2 Å². The van der Waals surface area contributed by atoms with Gasteiger partial charge in [0.1, 0.15) is 0 Å². The normalized spacial score (nSPS) is 26.9. The van der Waals surface area contributed by atoms with E-state index in [0.29, 0.717) is 5.92 Å². The minimum Gasteiger partial charge on any atom is -0.396 e. The monoisotopic (exact) mass is 197 g/mol. The Labute approximate surface area is 82.5 Å². The van der Waals surface area contributed by atoms with E-state index >= 15 is 0 Å². The van der Waals surface area contributed by atoms with Crippen LogP contribution in [-0.4, -0.2) is 18.3 Å². The number of aliphatic hydroxyl groups is 1. The van der Waals surface area contributed by atoms with Crippen LogP contribution in [0.2, 0.25) is 5.02 Å². The second kappa shape index (κ2) is 3.66. The average molecular weight is 198 g/mol. The maximum absolute atomic E-state index is 9.01. The maximum Gasteiger partial charge on any atom is 0.0489 e. The number of halogens is 1. The molecule has 0 amide bonds. The minimum atomic E-state index is 0.240. The van der Waals surface area contributed by atoms with E-state index in [1.54, 1.807) is 0 Å². The highest BCUT2D eigenvalue weighted by Gasteiger charge is 2.30. The Kier molecular flexibility index (Phi) is 2.54. The van der Waals surface area contributed by atoms with Gasteiger partial charge in [-0.05, 0) is 17.7 Å². The van der Waals surface area contributed by atoms with Crippen LogP contribution in [0.3, 0.4) is 0 Å². The molecule has 70 valence electrons. The first-order valence-electron chi connectivity index (χ1n) is 4.41. The van der Waals surface area contributed by atoms with Gasteiger partial charge in [0.05, 0.1) is 0 Å². The molecule has 13 heavy (non-hydrogen) atoms. The maximum atomic E-state index is 9.01. The molecule has 1 aromatic rings. The van der Waals surface area contributed by atoms with Crippen LogP contribution in [0.25, 0.3) is 0 Å². The van der Waals surface area contributed by atoms with Crippen molar-refractivity contribution in [3.8, 4) is 0 Å². The lowest BCUT2D eigenvalue weighted by Gasteiger charge is -2.37. The van der Waals surface area contributed by atoms with E-state index in [1.165, 1.54) is 0 Å². The summed E-state index contributed by atoms with van der Waals surface area (Å²) in [6.45, 7) is 1.14. The quantitative estimate of drug-likeness (QED) is 0.755. The van der Waals surface area contributed by atoms with E-state index in [2.05, 4.69) is 5.32 Å². The minimum absolute atomic E-state index is 0.240. The first kappa shape index (κ1) is 9.00. The summed E-state index contributed by atoms with van der Waals surface area (Å²) in [5, 5.41) is 13.0. The summed E-state index contributed by atoms with van der Waals surface area (Å²) in [5.41, 5.74) is 1.16. The van der Waals surface area contributed by atoms with Gasteiger partial charge in [-0.25, -0.2) is 0 Å². The van der Waals surface area contributed by atoms with Gasteiger partial charge in [0.15, 0.2) is 0 Å². The van der Waals surface area contributed by atoms with Gasteiger partial charge in [-0.3, -0.25) is 0 Å². The molecule has 2 rings (SSSR count). The van der Waals surface area contributed by atoms with Gasteiger partial charge < -0.3 is 10.4 Å². The molecule has 0 saturated carbocycles. The Balaban J connectivity index is 2.16. The number of benzene rings is 1. The fraction of sp³-hybridized carbons (Fsp3) is 0.400. The molecule has 0 bridgehead atoms. The number of hydrogen-bond acceptors (Lipinski definition) is 2. The molecule has 1 heterocycles. The summed E-state index contributed by atoms with van der Waals surface area (Å²) in [7, 11) is 0. The van der Waals surface area contributed by atoms with Gasteiger partial charge >= 0.3 is 0 Å². The summed E-state index contributed by atoms with van der Waals surface area (Å²) in [6.07, 6.45) is 0. The largest absolute Gasteiger partial charge is 0.396 e. The van der Waals surface area contributed by atoms with E-state index in [4.69, 9.17) is 16.7 Å². The van der Waals surface area contributed by atoms with Gasteiger partial charge in [-0.2, -0.15) is 0 Å². The zero-order valence-electron chi connectivity index (χ0n) is 7.20. The predicted molar refractivity (Wildman–Crippen MR) is 52.8 cm³/mol. The third kappa shape index (κ3) is 1.70. The molecule has 0 radical (unpaired) electrons. The molecule has 1 saturated heterocycles. The molecular formula is C10H12ClNO. The molecule has 2 nitrogen and oxygen atoms in total. The van der Waals surface area contributed by atoms with Crippen molar-refractivity contribution in [3.63, 3.8) is 0 Å². The van der Waals surface area contributed by atoms with Crippen molar-refractivity contribution < 1.29 is 5.11 Å². The molecule has 2 N–H and O–H groups in total. The van der Waals surface area contributed by atoms with Crippen LogP contribution in [0.5, 0.6) is 0 Å². The summed E-state index contributed by atoms with van der Waals surface area (Å²) in [6, 6.07) is 8.06. The Bertz CT molecular complexity index is 301. The molecule has 3 heteroatoms. The van der Waals surface area contributed by atoms with Crippen molar-refractivity contribution in [2.45, 2.75) is 6.04 Å². The molecule has 1 aromatic carbocycles. The lowest BCUT2D eigenvalue weighted by molar-refractivity contribution is 0.128. The van der Waals surface area contributed by atoms with Gasteiger partial charge in [0.2, 0.25) is 0 Å². The van der Waals surface area contributed by atoms with Crippen LogP contribution in [0.4, 0.5) is 0 Å². The zero-order valence-corrected chi connectivity index (χ0v) is 7.96. The Morgan fingerprint density at radius 2 is 2.38 bits per heavy atom. The Hall–Kier alpha value is -0.570. The molecule has 1 aliphatic heterocycles. The third-order valence-electron chi connectivity index (χ3n) is 2.51. The molecule has 2 unspecified atom stereocenters. The number of hydrogen-bond donors (Lipinski definition) is 2. The molecule has 2 atom stereocenters. The SMILES string of the molecule is OCC1CNC1c1cccc(Cl)c1. The second-order valence-corrected chi connectivity index (χ2v) is 3.82. The van der Waals surface area contributed by atoms with Crippen LogP contribution in [0.15, 0.2) is 24.3 Å². The van der Waals surface area contributed by atoms with Crippen LogP contribution in [-0.2, 0) is 0 Å². The van der Waals surface area contributed by atoms with Crippen molar-refractivity contribution >= 4 is 11.6 Å². The van der Waals surface area contributed by atoms with Crippen LogP contribution in [0.1, 0.15) is 11.6 Å². The van der Waals surface area contributed by atoms with E-state index in [1.807, 2.05) is 24.3 Å². The van der Waals surface area contributed by atoms with E-state index in [-0.39, 0.29) is 12.6 Å². The smallest absolute Gasteiger partial charge is 0.0489 e. The highest BCUT2D eigenvalue weighted by molar-refractivity contribution is 6.30. The molecule has 0 aromatic heterocycles. The van der Waals surface area contributed by atoms with E-state index in [9.17, 15) is 0 Å². The standard InChI is InChI=1S/C10H12ClNO/c11-9-3-1-2-7(4-9)10-8(6-13)5-12-10/h1-4,8,10,12-13H,5-6H2. The molecule has 0 aliphatic carbocycles. The van der Waals surface area contributed by atoms with Crippen LogP contribution >= 0.6 is 11.6 Å². The number of nitrogens with one attached hydrogen (secondary N) is 1. The summed E-state index contributed by atoms with van der Waals surface area (Å²) >= 11 is 5.87. The first-order valence-corrected chi connectivity index (χ1v) is 4.79. The molecule has 1 fully saturated rings. The summed E-state index contributed by atoms with van der Waals surface area (Å²) in [5.74, 6) is 0.346. The third-order valence-corrected chi connectivity index (χ3v) is 2.75. The van der Waals surface area contributed by atoms with Crippen molar-refractivity contribution in [3.05, 3.63) is 34.9 Å². The van der Waals surface area contributed by atoms with Gasteiger partial charge in [-0.1, -0.05) is 23.7 Å². The fourth-order valence-electron chi connectivity index (χ4n) is 1.66. The second-order valence-electron chi connectivity index (χ2n) is 3.38. The number of rotatable bonds is 2. The van der Waals surface area contributed by atoms with Gasteiger partial charge in [0, 0.05) is 30.1 Å². The van der Waals surface area contributed by atoms with Crippen molar-refractivity contribution in [1.29, 1.82) is 0 Å². The topological polar surface area (TPSA) is 32.3 Å². The Morgan fingerprint density at radius 1 is 1.54 bits per heavy atom. The molecule has 0 spiro atoms. The predicted octanol–water partition coefficient (Wildman–Crippen LogP) is 1.59. The molecule has 1 aliphatic rings. The average Bonchev–Trinajstić information content (AvgIpc) is 2.03. The van der Waals surface area contributed by atoms with Gasteiger partial charge in [-0.15, -0.1) is 0 Å². The zero-order chi connectivity index (χ0) is 9.26. The van der Waals surface area contributed by atoms with E-state index in [0.717, 1.165) is 17.1 Å². The number of aliphatic hydroxyl groups excluding tert-OH is 1. The first-order chi connectivity index (χ1) is 6.31. The Morgan fingerprint density at radius 3 is 2.92 bits per heavy atom. The summed E-state index contributed by atoms with van der Waals surface area (Å²) < 4.78 is 0. The highest BCUT2D eigenvalue weighted by Crippen LogP contribution is 2.29. The lowest BCUT2D eigenvalue weighted by Crippen LogP contribution is -2.47. The van der Waals surface area contributed by atoms with Crippen LogP contribution < -0.4 is 5.32 Å². The van der Waals surface area contributed by atoms with Crippen molar-refractivity contribution in [2.24, 2.45) is 5.92 Å². The van der Waals surface area contributed by atoms with Crippen LogP contribution in [0, 0.1) is 5.92 Å². The fourth-order valence-corrected chi connectivity index (χ4v) is 1.86. The highest BCUT2D eigenvalue weighted by atomic mass is 35.5. The van der Waals surface area contributed by atoms with Crippen molar-refractivity contribution in [1.82, 2.24) is 5.32 Å². The van der Waals surface area contributed by atoms with Gasteiger partial charge in [0.25, 0.3) is 0 Å². The lowest BCUT2D eigenvalue weighted by atomic mass is 9.87. The summed E-state index contributed by atoms with van der Waals surface area (Å²) in [4.78, 5) is 0. The van der Waals surface area contributed by atoms with E-state index < -0.39 is 0 Å².